The molecule has 0 aliphatic carbocycles. The van der Waals surface area contributed by atoms with Crippen LogP contribution in [0.2, 0.25) is 0 Å². The van der Waals surface area contributed by atoms with Crippen LogP contribution in [0.25, 0.3) is 0 Å². The van der Waals surface area contributed by atoms with Gasteiger partial charge in [0.1, 0.15) is 12.0 Å². The van der Waals surface area contributed by atoms with Gasteiger partial charge in [-0.25, -0.2) is 4.39 Å². The van der Waals surface area contributed by atoms with Gasteiger partial charge in [0.25, 0.3) is 0 Å². The summed E-state index contributed by atoms with van der Waals surface area (Å²) in [6, 6.07) is 5.65. The van der Waals surface area contributed by atoms with Crippen molar-refractivity contribution in [1.29, 1.82) is 0 Å². The molecule has 0 saturated heterocycles. The zero-order valence-electron chi connectivity index (χ0n) is 18.7. The molecule has 1 rings (SSSR count). The second-order valence-electron chi connectivity index (χ2n) is 7.93. The van der Waals surface area contributed by atoms with Crippen molar-refractivity contribution in [2.75, 3.05) is 5.32 Å². The third-order valence-corrected chi connectivity index (χ3v) is 5.89. The number of anilines is 1. The van der Waals surface area contributed by atoms with Gasteiger partial charge in [-0.1, -0.05) is 106 Å². The Kier molecular flexibility index (Phi) is 15.3. The first kappa shape index (κ1) is 29.2. The molecule has 3 N–H and O–H groups in total. The van der Waals surface area contributed by atoms with Gasteiger partial charge >= 0.3 is 0 Å². The standard InChI is InChI=1S/C23H35Cl3FN3OS/c1-2-3-4-5-6-7-8-9-10-11-12-13-20(31)29-21(23(24,25)26)30-22(32)28-19-16-14-18(27)15-17-19/h14-17,21H,2-13H2,1H3,(H,29,31)(H2,28,30,32)/t21-/m1/s1. The van der Waals surface area contributed by atoms with E-state index in [9.17, 15) is 9.18 Å². The zero-order chi connectivity index (χ0) is 23.8. The number of carbonyl (C=O) groups excluding carboxylic acids is 1. The van der Waals surface area contributed by atoms with E-state index in [4.69, 9.17) is 47.0 Å². The number of hydrogen-bond acceptors (Lipinski definition) is 2. The van der Waals surface area contributed by atoms with E-state index >= 15 is 0 Å². The maximum absolute atomic E-state index is 13.0. The summed E-state index contributed by atoms with van der Waals surface area (Å²) in [5.74, 6) is -0.572. The predicted octanol–water partition coefficient (Wildman–Crippen LogP) is 7.63. The number of carbonyl (C=O) groups is 1. The van der Waals surface area contributed by atoms with Gasteiger partial charge < -0.3 is 16.0 Å². The summed E-state index contributed by atoms with van der Waals surface area (Å²) < 4.78 is 11.2. The molecule has 182 valence electrons. The van der Waals surface area contributed by atoms with Crippen molar-refractivity contribution in [3.63, 3.8) is 0 Å². The maximum atomic E-state index is 13.0. The smallest absolute Gasteiger partial charge is 0.228 e. The molecule has 0 aromatic heterocycles. The van der Waals surface area contributed by atoms with Crippen molar-refractivity contribution in [2.24, 2.45) is 0 Å². The number of nitrogens with one attached hydrogen (secondary N) is 3. The fraction of sp³-hybridized carbons (Fsp3) is 0.652. The molecule has 1 aromatic carbocycles. The molecule has 1 atom stereocenters. The van der Waals surface area contributed by atoms with Crippen LogP contribution in [-0.4, -0.2) is 21.0 Å². The quantitative estimate of drug-likeness (QED) is 0.0952. The number of halogens is 4. The van der Waals surface area contributed by atoms with Gasteiger partial charge in [0.2, 0.25) is 9.70 Å². The van der Waals surface area contributed by atoms with Crippen molar-refractivity contribution < 1.29 is 9.18 Å². The number of hydrogen-bond donors (Lipinski definition) is 3. The summed E-state index contributed by atoms with van der Waals surface area (Å²) in [4.78, 5) is 12.3. The number of unbranched alkanes of at least 4 members (excludes halogenated alkanes) is 10. The van der Waals surface area contributed by atoms with Gasteiger partial charge in [-0.2, -0.15) is 0 Å². The molecule has 0 aliphatic rings. The van der Waals surface area contributed by atoms with Crippen LogP contribution in [0.3, 0.4) is 0 Å². The van der Waals surface area contributed by atoms with E-state index in [1.54, 1.807) is 0 Å². The fourth-order valence-corrected chi connectivity index (χ4v) is 3.78. The van der Waals surface area contributed by atoms with Crippen LogP contribution in [-0.2, 0) is 4.79 Å². The molecule has 1 amide bonds. The Bertz CT molecular complexity index is 671. The topological polar surface area (TPSA) is 53.2 Å². The molecule has 0 bridgehead atoms. The molecule has 32 heavy (non-hydrogen) atoms. The van der Waals surface area contributed by atoms with Gasteiger partial charge in [-0.3, -0.25) is 4.79 Å². The number of alkyl halides is 3. The van der Waals surface area contributed by atoms with Crippen LogP contribution < -0.4 is 16.0 Å². The Balaban J connectivity index is 2.25. The Hall–Kier alpha value is -0.820. The summed E-state index contributed by atoms with van der Waals surface area (Å²) in [6.07, 6.45) is 12.7. The molecule has 0 spiro atoms. The maximum Gasteiger partial charge on any atom is 0.228 e. The zero-order valence-corrected chi connectivity index (χ0v) is 21.8. The van der Waals surface area contributed by atoms with Gasteiger partial charge in [-0.05, 0) is 42.9 Å². The van der Waals surface area contributed by atoms with Crippen molar-refractivity contribution in [2.45, 2.75) is 93.9 Å². The minimum atomic E-state index is -1.80. The van der Waals surface area contributed by atoms with Gasteiger partial charge in [0.05, 0.1) is 0 Å². The minimum Gasteiger partial charge on any atom is -0.339 e. The van der Waals surface area contributed by atoms with Crippen LogP contribution in [0.1, 0.15) is 84.0 Å². The first-order valence-electron chi connectivity index (χ1n) is 11.4. The highest BCUT2D eigenvalue weighted by atomic mass is 35.6. The summed E-state index contributed by atoms with van der Waals surface area (Å²) in [5, 5.41) is 8.48. The Morgan fingerprint density at radius 1 is 0.906 bits per heavy atom. The largest absolute Gasteiger partial charge is 0.339 e. The lowest BCUT2D eigenvalue weighted by atomic mass is 10.1. The summed E-state index contributed by atoms with van der Waals surface area (Å²) >= 11 is 23.2. The summed E-state index contributed by atoms with van der Waals surface area (Å²) in [7, 11) is 0. The van der Waals surface area contributed by atoms with Crippen molar-refractivity contribution >= 4 is 63.7 Å². The Morgan fingerprint density at radius 3 is 1.91 bits per heavy atom. The van der Waals surface area contributed by atoms with Gasteiger partial charge in [0.15, 0.2) is 5.11 Å². The summed E-state index contributed by atoms with van der Waals surface area (Å²) in [6.45, 7) is 2.23. The Labute approximate surface area is 212 Å². The monoisotopic (exact) mass is 525 g/mol. The third kappa shape index (κ3) is 14.4. The molecule has 0 aliphatic heterocycles. The van der Waals surface area contributed by atoms with E-state index in [2.05, 4.69) is 22.9 Å². The first-order chi connectivity index (χ1) is 15.2. The number of benzene rings is 1. The molecular formula is C23H35Cl3FN3OS. The Morgan fingerprint density at radius 2 is 1.41 bits per heavy atom. The molecule has 0 unspecified atom stereocenters. The van der Waals surface area contributed by atoms with E-state index in [1.165, 1.54) is 75.6 Å². The van der Waals surface area contributed by atoms with E-state index in [0.29, 0.717) is 12.1 Å². The minimum absolute atomic E-state index is 0.142. The highest BCUT2D eigenvalue weighted by Gasteiger charge is 2.34. The lowest BCUT2D eigenvalue weighted by molar-refractivity contribution is -0.122. The molecule has 9 heteroatoms. The van der Waals surface area contributed by atoms with E-state index in [0.717, 1.165) is 19.3 Å². The van der Waals surface area contributed by atoms with Crippen LogP contribution in [0.4, 0.5) is 10.1 Å². The SMILES string of the molecule is CCCCCCCCCCCCCC(=O)N[C@H](NC(=S)Nc1ccc(F)cc1)C(Cl)(Cl)Cl. The van der Waals surface area contributed by atoms with Crippen LogP contribution in [0, 0.1) is 5.82 Å². The van der Waals surface area contributed by atoms with E-state index in [1.807, 2.05) is 0 Å². The average Bonchev–Trinajstić information content (AvgIpc) is 2.72. The van der Waals surface area contributed by atoms with Gasteiger partial charge in [-0.15, -0.1) is 0 Å². The second-order valence-corrected chi connectivity index (χ2v) is 10.7. The van der Waals surface area contributed by atoms with Crippen LogP contribution >= 0.6 is 47.0 Å². The highest BCUT2D eigenvalue weighted by molar-refractivity contribution is 7.80. The molecule has 0 radical (unpaired) electrons. The fourth-order valence-electron chi connectivity index (χ4n) is 3.21. The molecule has 0 heterocycles. The number of thiocarbonyl (C=S) groups is 1. The third-order valence-electron chi connectivity index (χ3n) is 5.02. The highest BCUT2D eigenvalue weighted by Crippen LogP contribution is 2.29. The lowest BCUT2D eigenvalue weighted by Crippen LogP contribution is -2.56. The normalized spacial score (nSPS) is 12.3. The van der Waals surface area contributed by atoms with E-state index < -0.39 is 9.96 Å². The lowest BCUT2D eigenvalue weighted by Gasteiger charge is -2.27. The number of rotatable bonds is 15. The van der Waals surface area contributed by atoms with Crippen molar-refractivity contribution in [3.05, 3.63) is 30.1 Å². The molecule has 0 fully saturated rings. The van der Waals surface area contributed by atoms with Crippen molar-refractivity contribution in [3.8, 4) is 0 Å². The number of amides is 1. The molecule has 4 nitrogen and oxygen atoms in total. The molecule has 1 aromatic rings. The average molecular weight is 527 g/mol. The van der Waals surface area contributed by atoms with Crippen LogP contribution in [0.15, 0.2) is 24.3 Å². The second kappa shape index (κ2) is 16.7. The van der Waals surface area contributed by atoms with Crippen LogP contribution in [0.5, 0.6) is 0 Å². The molecule has 0 saturated carbocycles. The van der Waals surface area contributed by atoms with Crippen molar-refractivity contribution in [1.82, 2.24) is 10.6 Å². The predicted molar refractivity (Wildman–Crippen MR) is 139 cm³/mol. The van der Waals surface area contributed by atoms with E-state index in [-0.39, 0.29) is 16.8 Å². The first-order valence-corrected chi connectivity index (χ1v) is 13.0. The summed E-state index contributed by atoms with van der Waals surface area (Å²) in [5.41, 5.74) is 0.569. The van der Waals surface area contributed by atoms with Gasteiger partial charge in [0, 0.05) is 12.1 Å². The molecular weight excluding hydrogens is 492 g/mol.